The minimum atomic E-state index is 0.244. The van der Waals surface area contributed by atoms with Crippen LogP contribution in [0.1, 0.15) is 12.8 Å². The van der Waals surface area contributed by atoms with Gasteiger partial charge in [-0.1, -0.05) is 6.08 Å². The Balaban J connectivity index is 2.35. The summed E-state index contributed by atoms with van der Waals surface area (Å²) in [5.74, 6) is 0.601. The summed E-state index contributed by atoms with van der Waals surface area (Å²) in [6.45, 7) is 5.98. The van der Waals surface area contributed by atoms with Gasteiger partial charge < -0.3 is 10.6 Å². The van der Waals surface area contributed by atoms with Gasteiger partial charge in [-0.25, -0.2) is 0 Å². The zero-order valence-corrected chi connectivity index (χ0v) is 7.33. The molecule has 12 heavy (non-hydrogen) atoms. The lowest BCUT2D eigenvalue weighted by Crippen LogP contribution is -2.27. The molecule has 0 spiro atoms. The maximum atomic E-state index is 11.3. The molecular weight excluding hydrogens is 152 g/mol. The third-order valence-electron chi connectivity index (χ3n) is 2.21. The number of hydrogen-bond acceptors (Lipinski definition) is 2. The number of carbonyl (C=O) groups excluding carboxylic acids is 1. The fourth-order valence-electron chi connectivity index (χ4n) is 1.46. The summed E-state index contributed by atoms with van der Waals surface area (Å²) in [6, 6.07) is 0. The third-order valence-corrected chi connectivity index (χ3v) is 2.21. The topological polar surface area (TPSA) is 46.3 Å². The van der Waals surface area contributed by atoms with E-state index in [4.69, 9.17) is 5.73 Å². The maximum absolute atomic E-state index is 11.3. The molecule has 1 amide bonds. The quantitative estimate of drug-likeness (QED) is 0.616. The van der Waals surface area contributed by atoms with Crippen molar-refractivity contribution in [3.05, 3.63) is 12.7 Å². The average molecular weight is 168 g/mol. The summed E-state index contributed by atoms with van der Waals surface area (Å²) in [5, 5.41) is 0. The van der Waals surface area contributed by atoms with Crippen molar-refractivity contribution in [3.63, 3.8) is 0 Å². The molecule has 0 aromatic carbocycles. The van der Waals surface area contributed by atoms with Gasteiger partial charge in [0.05, 0.1) is 0 Å². The van der Waals surface area contributed by atoms with Gasteiger partial charge in [0, 0.05) is 25.4 Å². The molecule has 68 valence electrons. The lowest BCUT2D eigenvalue weighted by Gasteiger charge is -2.14. The number of nitrogens with zero attached hydrogens (tertiary/aromatic N) is 1. The van der Waals surface area contributed by atoms with E-state index in [1.807, 2.05) is 11.0 Å². The highest BCUT2D eigenvalue weighted by molar-refractivity contribution is 5.78. The molecule has 1 unspecified atom stereocenters. The van der Waals surface area contributed by atoms with Crippen LogP contribution in [0.2, 0.25) is 0 Å². The van der Waals surface area contributed by atoms with Gasteiger partial charge in [0.15, 0.2) is 0 Å². The first-order valence-electron chi connectivity index (χ1n) is 4.38. The van der Waals surface area contributed by atoms with Crippen LogP contribution in [0.25, 0.3) is 0 Å². The molecule has 0 bridgehead atoms. The number of nitrogens with two attached hydrogens (primary N) is 1. The Morgan fingerprint density at radius 3 is 3.00 bits per heavy atom. The van der Waals surface area contributed by atoms with Crippen LogP contribution >= 0.6 is 0 Å². The first kappa shape index (κ1) is 9.26. The minimum Gasteiger partial charge on any atom is -0.342 e. The summed E-state index contributed by atoms with van der Waals surface area (Å²) in [4.78, 5) is 13.2. The van der Waals surface area contributed by atoms with E-state index in [1.165, 1.54) is 0 Å². The molecule has 1 fully saturated rings. The number of likely N-dealkylation sites (tertiary alicyclic amines) is 1. The second-order valence-corrected chi connectivity index (χ2v) is 3.18. The zero-order chi connectivity index (χ0) is 8.97. The lowest BCUT2D eigenvalue weighted by atomic mass is 10.1. The van der Waals surface area contributed by atoms with Gasteiger partial charge >= 0.3 is 0 Å². The van der Waals surface area contributed by atoms with Crippen molar-refractivity contribution in [2.75, 3.05) is 19.6 Å². The van der Waals surface area contributed by atoms with Crippen LogP contribution in [0.3, 0.4) is 0 Å². The Labute approximate surface area is 73.2 Å². The van der Waals surface area contributed by atoms with Gasteiger partial charge in [0.2, 0.25) is 5.91 Å². The Morgan fingerprint density at radius 2 is 2.50 bits per heavy atom. The average Bonchev–Trinajstić information content (AvgIpc) is 2.43. The fraction of sp³-hybridized carbons (Fsp3) is 0.667. The highest BCUT2D eigenvalue weighted by Gasteiger charge is 2.26. The first-order valence-corrected chi connectivity index (χ1v) is 4.38. The van der Waals surface area contributed by atoms with Gasteiger partial charge in [0.25, 0.3) is 0 Å². The van der Waals surface area contributed by atoms with E-state index in [9.17, 15) is 4.79 Å². The fourth-order valence-corrected chi connectivity index (χ4v) is 1.46. The van der Waals surface area contributed by atoms with Crippen LogP contribution in [-0.2, 0) is 4.79 Å². The lowest BCUT2D eigenvalue weighted by molar-refractivity contribution is -0.127. The summed E-state index contributed by atoms with van der Waals surface area (Å²) in [6.07, 6.45) is 3.39. The summed E-state index contributed by atoms with van der Waals surface area (Å²) in [7, 11) is 0. The molecule has 1 aliphatic heterocycles. The summed E-state index contributed by atoms with van der Waals surface area (Å²) >= 11 is 0. The van der Waals surface area contributed by atoms with E-state index in [0.29, 0.717) is 18.9 Å². The van der Waals surface area contributed by atoms with E-state index in [2.05, 4.69) is 6.58 Å². The maximum Gasteiger partial charge on any atom is 0.223 e. The highest BCUT2D eigenvalue weighted by Crippen LogP contribution is 2.17. The smallest absolute Gasteiger partial charge is 0.223 e. The number of hydrogen-bond donors (Lipinski definition) is 1. The standard InChI is InChI=1S/C9H16N2O/c1-2-8-6-9(12)11(7-8)5-3-4-10/h2,8H,1,3-7,10H2. The van der Waals surface area contributed by atoms with E-state index in [1.54, 1.807) is 0 Å². The third kappa shape index (κ3) is 2.08. The van der Waals surface area contributed by atoms with Crippen molar-refractivity contribution < 1.29 is 4.79 Å². The molecular formula is C9H16N2O. The van der Waals surface area contributed by atoms with Crippen molar-refractivity contribution in [1.82, 2.24) is 4.90 Å². The number of rotatable bonds is 4. The predicted octanol–water partition coefficient (Wildman–Crippen LogP) is 0.370. The number of amides is 1. The SMILES string of the molecule is C=CC1CC(=O)N(CCCN)C1. The molecule has 2 N–H and O–H groups in total. The Hall–Kier alpha value is -0.830. The van der Waals surface area contributed by atoms with Crippen LogP contribution in [0.4, 0.5) is 0 Å². The normalized spacial score (nSPS) is 23.2. The molecule has 0 aliphatic carbocycles. The van der Waals surface area contributed by atoms with Gasteiger partial charge in [-0.05, 0) is 13.0 Å². The first-order chi connectivity index (χ1) is 5.77. The zero-order valence-electron chi connectivity index (χ0n) is 7.33. The Morgan fingerprint density at radius 1 is 1.75 bits per heavy atom. The summed E-state index contributed by atoms with van der Waals surface area (Å²) < 4.78 is 0. The molecule has 1 heterocycles. The van der Waals surface area contributed by atoms with Crippen LogP contribution in [0, 0.1) is 5.92 Å². The van der Waals surface area contributed by atoms with Crippen LogP contribution < -0.4 is 5.73 Å². The molecule has 1 atom stereocenters. The molecule has 1 aliphatic rings. The minimum absolute atomic E-state index is 0.244. The van der Waals surface area contributed by atoms with E-state index >= 15 is 0 Å². The number of carbonyl (C=O) groups is 1. The largest absolute Gasteiger partial charge is 0.342 e. The molecule has 3 nitrogen and oxygen atoms in total. The highest BCUT2D eigenvalue weighted by atomic mass is 16.2. The van der Waals surface area contributed by atoms with Crippen LogP contribution in [0.5, 0.6) is 0 Å². The molecule has 3 heteroatoms. The molecule has 0 aromatic rings. The molecule has 1 rings (SSSR count). The monoisotopic (exact) mass is 168 g/mol. The van der Waals surface area contributed by atoms with Gasteiger partial charge in [-0.3, -0.25) is 4.79 Å². The van der Waals surface area contributed by atoms with Crippen molar-refractivity contribution in [3.8, 4) is 0 Å². The molecule has 0 aromatic heterocycles. The second kappa shape index (κ2) is 4.26. The van der Waals surface area contributed by atoms with E-state index < -0.39 is 0 Å². The second-order valence-electron chi connectivity index (χ2n) is 3.18. The van der Waals surface area contributed by atoms with E-state index in [0.717, 1.165) is 19.5 Å². The van der Waals surface area contributed by atoms with Crippen LogP contribution in [0.15, 0.2) is 12.7 Å². The van der Waals surface area contributed by atoms with Gasteiger partial charge in [-0.15, -0.1) is 6.58 Å². The van der Waals surface area contributed by atoms with Gasteiger partial charge in [-0.2, -0.15) is 0 Å². The van der Waals surface area contributed by atoms with Crippen molar-refractivity contribution in [2.45, 2.75) is 12.8 Å². The molecule has 0 saturated carbocycles. The summed E-state index contributed by atoms with van der Waals surface area (Å²) in [5.41, 5.74) is 5.36. The van der Waals surface area contributed by atoms with Crippen molar-refractivity contribution >= 4 is 5.91 Å². The Kier molecular flexibility index (Phi) is 3.29. The molecule has 1 saturated heterocycles. The van der Waals surface area contributed by atoms with Crippen molar-refractivity contribution in [2.24, 2.45) is 11.7 Å². The van der Waals surface area contributed by atoms with Crippen LogP contribution in [-0.4, -0.2) is 30.4 Å². The Bertz CT molecular complexity index is 179. The van der Waals surface area contributed by atoms with E-state index in [-0.39, 0.29) is 5.91 Å². The molecule has 0 radical (unpaired) electrons. The predicted molar refractivity (Wildman–Crippen MR) is 48.6 cm³/mol. The van der Waals surface area contributed by atoms with Crippen molar-refractivity contribution in [1.29, 1.82) is 0 Å². The van der Waals surface area contributed by atoms with Gasteiger partial charge in [0.1, 0.15) is 0 Å².